The van der Waals surface area contributed by atoms with Crippen molar-refractivity contribution in [2.75, 3.05) is 29.9 Å². The van der Waals surface area contributed by atoms with Crippen molar-refractivity contribution in [3.05, 3.63) is 41.5 Å². The molecule has 0 atom stereocenters. The van der Waals surface area contributed by atoms with Crippen LogP contribution in [-0.2, 0) is 4.74 Å². The maximum atomic E-state index is 12.3. The molecule has 3 heterocycles. The van der Waals surface area contributed by atoms with Crippen LogP contribution in [0.1, 0.15) is 37.0 Å². The zero-order chi connectivity index (χ0) is 19.5. The highest BCUT2D eigenvalue weighted by Gasteiger charge is 2.19. The molecule has 0 radical (unpaired) electrons. The third-order valence-electron chi connectivity index (χ3n) is 5.14. The first kappa shape index (κ1) is 18.7. The van der Waals surface area contributed by atoms with Crippen LogP contribution in [0.4, 0.5) is 17.2 Å². The van der Waals surface area contributed by atoms with Crippen LogP contribution in [0.25, 0.3) is 10.2 Å². The molecule has 1 fully saturated rings. The summed E-state index contributed by atoms with van der Waals surface area (Å²) in [4.78, 5) is 24.1. The van der Waals surface area contributed by atoms with Crippen molar-refractivity contribution >= 4 is 44.7 Å². The average Bonchev–Trinajstić information content (AvgIpc) is 3.15. The maximum Gasteiger partial charge on any atom is 0.339 e. The second-order valence-corrected chi connectivity index (χ2v) is 7.97. The van der Waals surface area contributed by atoms with Crippen molar-refractivity contribution in [1.29, 1.82) is 0 Å². The molecule has 3 aromatic rings. The van der Waals surface area contributed by atoms with Crippen molar-refractivity contribution in [2.24, 2.45) is 5.92 Å². The number of piperidine rings is 1. The van der Waals surface area contributed by atoms with Gasteiger partial charge in [-0.1, -0.05) is 6.92 Å². The van der Waals surface area contributed by atoms with E-state index in [2.05, 4.69) is 51.4 Å². The Balaban J connectivity index is 1.56. The van der Waals surface area contributed by atoms with Gasteiger partial charge in [-0.15, -0.1) is 11.3 Å². The number of fused-ring (bicyclic) bond motifs is 1. The number of nitrogens with zero attached hydrogens (tertiary/aromatic N) is 3. The summed E-state index contributed by atoms with van der Waals surface area (Å²) in [5.74, 6) is 1.09. The van der Waals surface area contributed by atoms with Crippen LogP contribution >= 0.6 is 11.3 Å². The number of thiophene rings is 1. The first-order valence-corrected chi connectivity index (χ1v) is 10.5. The van der Waals surface area contributed by atoms with Gasteiger partial charge in [-0.3, -0.25) is 0 Å². The van der Waals surface area contributed by atoms with E-state index in [0.29, 0.717) is 23.4 Å². The van der Waals surface area contributed by atoms with Crippen LogP contribution < -0.4 is 10.2 Å². The van der Waals surface area contributed by atoms with Gasteiger partial charge >= 0.3 is 5.97 Å². The lowest BCUT2D eigenvalue weighted by Gasteiger charge is -2.32. The molecule has 1 aliphatic heterocycles. The minimum absolute atomic E-state index is 0.337. The van der Waals surface area contributed by atoms with Crippen LogP contribution in [-0.4, -0.2) is 35.6 Å². The van der Waals surface area contributed by atoms with Crippen molar-refractivity contribution in [3.63, 3.8) is 0 Å². The van der Waals surface area contributed by atoms with E-state index in [4.69, 9.17) is 4.74 Å². The molecule has 1 N–H and O–H groups in total. The third-order valence-corrected chi connectivity index (χ3v) is 6.03. The van der Waals surface area contributed by atoms with E-state index in [0.717, 1.165) is 29.5 Å². The fourth-order valence-corrected chi connectivity index (χ4v) is 4.36. The number of aromatic nitrogens is 2. The van der Waals surface area contributed by atoms with Gasteiger partial charge in [0.15, 0.2) is 0 Å². The number of rotatable bonds is 5. The summed E-state index contributed by atoms with van der Waals surface area (Å²) in [5.41, 5.74) is 2.67. The number of hydrogen-bond acceptors (Lipinski definition) is 7. The SMILES string of the molecule is CCOC(=O)c1csc2ncnc(Nc3ccc(N4CCC(C)CC4)cc3)c12. The Hall–Kier alpha value is -2.67. The number of hydrogen-bond donors (Lipinski definition) is 1. The highest BCUT2D eigenvalue weighted by atomic mass is 32.1. The smallest absolute Gasteiger partial charge is 0.339 e. The average molecular weight is 397 g/mol. The summed E-state index contributed by atoms with van der Waals surface area (Å²) < 4.78 is 5.17. The predicted octanol–water partition coefficient (Wildman–Crippen LogP) is 4.85. The van der Waals surface area contributed by atoms with Crippen molar-refractivity contribution in [1.82, 2.24) is 9.97 Å². The summed E-state index contributed by atoms with van der Waals surface area (Å²) in [7, 11) is 0. The van der Waals surface area contributed by atoms with Gasteiger partial charge in [0.25, 0.3) is 0 Å². The Kier molecular flexibility index (Phi) is 5.43. The van der Waals surface area contributed by atoms with E-state index in [1.54, 1.807) is 12.3 Å². The number of ether oxygens (including phenoxy) is 1. The summed E-state index contributed by atoms with van der Waals surface area (Å²) in [6.45, 7) is 6.67. The number of nitrogens with one attached hydrogen (secondary N) is 1. The van der Waals surface area contributed by atoms with Crippen LogP contribution in [0.3, 0.4) is 0 Å². The van der Waals surface area contributed by atoms with Crippen LogP contribution in [0.2, 0.25) is 0 Å². The molecule has 0 unspecified atom stereocenters. The third kappa shape index (κ3) is 3.80. The molecule has 0 saturated carbocycles. The highest BCUT2D eigenvalue weighted by molar-refractivity contribution is 7.17. The standard InChI is InChI=1S/C21H24N4O2S/c1-3-27-21(26)17-12-28-20-18(17)19(22-13-23-20)24-15-4-6-16(7-5-15)25-10-8-14(2)9-11-25/h4-7,12-14H,3,8-11H2,1-2H3,(H,22,23,24). The minimum Gasteiger partial charge on any atom is -0.462 e. The van der Waals surface area contributed by atoms with E-state index >= 15 is 0 Å². The fourth-order valence-electron chi connectivity index (χ4n) is 3.49. The summed E-state index contributed by atoms with van der Waals surface area (Å²) in [6.07, 6.45) is 4.00. The van der Waals surface area contributed by atoms with E-state index in [1.165, 1.54) is 36.2 Å². The molecule has 1 saturated heterocycles. The monoisotopic (exact) mass is 396 g/mol. The molecule has 1 aromatic carbocycles. The first-order chi connectivity index (χ1) is 13.7. The van der Waals surface area contributed by atoms with Gasteiger partial charge in [-0.2, -0.15) is 0 Å². The van der Waals surface area contributed by atoms with E-state index in [1.807, 2.05) is 0 Å². The largest absolute Gasteiger partial charge is 0.462 e. The molecule has 0 amide bonds. The van der Waals surface area contributed by atoms with Gasteiger partial charge in [0.2, 0.25) is 0 Å². The molecule has 1 aliphatic rings. The number of esters is 1. The second kappa shape index (κ2) is 8.14. The second-order valence-electron chi connectivity index (χ2n) is 7.11. The Labute approximate surface area is 168 Å². The maximum absolute atomic E-state index is 12.3. The van der Waals surface area contributed by atoms with E-state index < -0.39 is 0 Å². The van der Waals surface area contributed by atoms with Gasteiger partial charge in [-0.05, 0) is 49.9 Å². The van der Waals surface area contributed by atoms with Gasteiger partial charge < -0.3 is 15.0 Å². The molecule has 4 rings (SSSR count). The van der Waals surface area contributed by atoms with Crippen LogP contribution in [0.5, 0.6) is 0 Å². The summed E-state index contributed by atoms with van der Waals surface area (Å²) in [6, 6.07) is 8.38. The zero-order valence-electron chi connectivity index (χ0n) is 16.1. The lowest BCUT2D eigenvalue weighted by molar-refractivity contribution is 0.0529. The Morgan fingerprint density at radius 2 is 2.00 bits per heavy atom. The van der Waals surface area contributed by atoms with Gasteiger partial charge in [-0.25, -0.2) is 14.8 Å². The van der Waals surface area contributed by atoms with Crippen molar-refractivity contribution in [3.8, 4) is 0 Å². The molecular weight excluding hydrogens is 372 g/mol. The Morgan fingerprint density at radius 3 is 2.71 bits per heavy atom. The molecule has 0 bridgehead atoms. The van der Waals surface area contributed by atoms with Crippen molar-refractivity contribution in [2.45, 2.75) is 26.7 Å². The van der Waals surface area contributed by atoms with Gasteiger partial charge in [0.05, 0.1) is 17.6 Å². The number of benzene rings is 1. The van der Waals surface area contributed by atoms with E-state index in [-0.39, 0.29) is 5.97 Å². The van der Waals surface area contributed by atoms with Crippen LogP contribution in [0, 0.1) is 5.92 Å². The molecule has 0 spiro atoms. The lowest BCUT2D eigenvalue weighted by atomic mass is 9.99. The van der Waals surface area contributed by atoms with Crippen molar-refractivity contribution < 1.29 is 9.53 Å². The number of anilines is 3. The lowest BCUT2D eigenvalue weighted by Crippen LogP contribution is -2.32. The number of carbonyl (C=O) groups excluding carboxylic acids is 1. The van der Waals surface area contributed by atoms with Gasteiger partial charge in [0.1, 0.15) is 17.0 Å². The Morgan fingerprint density at radius 1 is 1.25 bits per heavy atom. The first-order valence-electron chi connectivity index (χ1n) is 9.67. The molecule has 6 nitrogen and oxygen atoms in total. The summed E-state index contributed by atoms with van der Waals surface area (Å²) >= 11 is 1.42. The summed E-state index contributed by atoms with van der Waals surface area (Å²) in [5, 5.41) is 5.83. The topological polar surface area (TPSA) is 67.3 Å². The minimum atomic E-state index is -0.346. The molecule has 146 valence electrons. The van der Waals surface area contributed by atoms with E-state index in [9.17, 15) is 4.79 Å². The number of carbonyl (C=O) groups is 1. The molecule has 28 heavy (non-hydrogen) atoms. The Bertz CT molecular complexity index is 962. The highest BCUT2D eigenvalue weighted by Crippen LogP contribution is 2.32. The molecule has 7 heteroatoms. The molecule has 2 aromatic heterocycles. The fraction of sp³-hybridized carbons (Fsp3) is 0.381. The molecule has 0 aliphatic carbocycles. The molecular formula is C21H24N4O2S. The normalized spacial score (nSPS) is 15.0. The quantitative estimate of drug-likeness (QED) is 0.622. The van der Waals surface area contributed by atoms with Crippen LogP contribution in [0.15, 0.2) is 36.0 Å². The van der Waals surface area contributed by atoms with Gasteiger partial charge in [0, 0.05) is 29.8 Å². The predicted molar refractivity (Wildman–Crippen MR) is 114 cm³/mol. The zero-order valence-corrected chi connectivity index (χ0v) is 17.0.